The third kappa shape index (κ3) is 5.35. The lowest BCUT2D eigenvalue weighted by Gasteiger charge is -2.15. The summed E-state index contributed by atoms with van der Waals surface area (Å²) in [6.07, 6.45) is 3.70. The van der Waals surface area contributed by atoms with E-state index >= 15 is 4.39 Å². The Balaban J connectivity index is 1.32. The van der Waals surface area contributed by atoms with E-state index in [1.807, 2.05) is 20.8 Å². The summed E-state index contributed by atoms with van der Waals surface area (Å²) in [6, 6.07) is 6.62. The van der Waals surface area contributed by atoms with Crippen LogP contribution < -0.4 is 10.6 Å². The smallest absolute Gasteiger partial charge is 0.292 e. The number of H-pyrrole nitrogens is 1. The molecule has 2 amide bonds. The minimum atomic E-state index is -0.553. The van der Waals surface area contributed by atoms with E-state index in [2.05, 4.69) is 42.5 Å². The van der Waals surface area contributed by atoms with Gasteiger partial charge in [0.2, 0.25) is 11.8 Å². The van der Waals surface area contributed by atoms with Crippen molar-refractivity contribution in [3.8, 4) is 11.1 Å². The maximum absolute atomic E-state index is 15.2. The highest BCUT2D eigenvalue weighted by molar-refractivity contribution is 6.00. The maximum Gasteiger partial charge on any atom is 0.292 e. The van der Waals surface area contributed by atoms with E-state index in [1.54, 1.807) is 29.3 Å². The highest BCUT2D eigenvalue weighted by Gasteiger charge is 2.27. The molecule has 39 heavy (non-hydrogen) atoms. The van der Waals surface area contributed by atoms with E-state index in [9.17, 15) is 9.59 Å². The molecule has 1 saturated heterocycles. The standard InChI is InChI=1S/C27H29FN8O3/c1-5-20(37)36-11-9-17(14-36)31-23-21-18(8-10-29-22(21)33-34-23)15-6-7-16(19(28)12-15)13-30-25(38)24-32-26(39-35-24)27(2,3)4/h5-8,10,12,17H,1,9,11,13-14H2,2-4H3,(H,30,38)(H2,29,31,33,34)/t17-/m0/s1. The maximum atomic E-state index is 15.2. The van der Waals surface area contributed by atoms with E-state index in [-0.39, 0.29) is 24.3 Å². The van der Waals surface area contributed by atoms with Crippen molar-refractivity contribution in [1.82, 2.24) is 35.5 Å². The number of aromatic amines is 1. The van der Waals surface area contributed by atoms with Gasteiger partial charge >= 0.3 is 0 Å². The Labute approximate surface area is 223 Å². The number of aromatic nitrogens is 5. The van der Waals surface area contributed by atoms with Crippen LogP contribution in [0.2, 0.25) is 0 Å². The fourth-order valence-electron chi connectivity index (χ4n) is 4.43. The molecule has 4 heterocycles. The molecule has 1 aliphatic heterocycles. The molecular formula is C27H29FN8O3. The van der Waals surface area contributed by atoms with Crippen LogP contribution in [0.3, 0.4) is 0 Å². The predicted octanol–water partition coefficient (Wildman–Crippen LogP) is 3.57. The van der Waals surface area contributed by atoms with Crippen molar-refractivity contribution in [3.05, 3.63) is 66.2 Å². The van der Waals surface area contributed by atoms with Gasteiger partial charge in [-0.1, -0.05) is 44.6 Å². The first-order chi connectivity index (χ1) is 18.6. The molecular weight excluding hydrogens is 503 g/mol. The number of hydrogen-bond donors (Lipinski definition) is 3. The van der Waals surface area contributed by atoms with Crippen molar-refractivity contribution in [3.63, 3.8) is 0 Å². The number of anilines is 1. The number of likely N-dealkylation sites (tertiary alicyclic amines) is 1. The van der Waals surface area contributed by atoms with Gasteiger partial charge in [0.1, 0.15) is 5.82 Å². The zero-order valence-corrected chi connectivity index (χ0v) is 21.9. The Morgan fingerprint density at radius 1 is 1.31 bits per heavy atom. The van der Waals surface area contributed by atoms with Crippen LogP contribution in [0.4, 0.5) is 10.2 Å². The summed E-state index contributed by atoms with van der Waals surface area (Å²) < 4.78 is 20.3. The predicted molar refractivity (Wildman–Crippen MR) is 142 cm³/mol. The third-order valence-electron chi connectivity index (χ3n) is 6.55. The highest BCUT2D eigenvalue weighted by Crippen LogP contribution is 2.33. The zero-order chi connectivity index (χ0) is 27.7. The van der Waals surface area contributed by atoms with Crippen LogP contribution in [-0.2, 0) is 16.8 Å². The number of nitrogens with one attached hydrogen (secondary N) is 3. The second-order valence-corrected chi connectivity index (χ2v) is 10.4. The van der Waals surface area contributed by atoms with Gasteiger partial charge < -0.3 is 20.1 Å². The van der Waals surface area contributed by atoms with Gasteiger partial charge in [0.25, 0.3) is 11.7 Å². The van der Waals surface area contributed by atoms with Crippen molar-refractivity contribution in [2.45, 2.75) is 45.2 Å². The number of fused-ring (bicyclic) bond motifs is 1. The molecule has 5 rings (SSSR count). The molecule has 1 aromatic carbocycles. The molecule has 4 aromatic rings. The van der Waals surface area contributed by atoms with Crippen molar-refractivity contribution < 1.29 is 18.5 Å². The third-order valence-corrected chi connectivity index (χ3v) is 6.55. The molecule has 1 aliphatic rings. The molecule has 3 aromatic heterocycles. The highest BCUT2D eigenvalue weighted by atomic mass is 19.1. The van der Waals surface area contributed by atoms with Crippen molar-refractivity contribution in [2.75, 3.05) is 18.4 Å². The summed E-state index contributed by atoms with van der Waals surface area (Å²) in [7, 11) is 0. The second kappa shape index (κ2) is 10.3. The van der Waals surface area contributed by atoms with Crippen LogP contribution in [0, 0.1) is 5.82 Å². The van der Waals surface area contributed by atoms with Gasteiger partial charge in [0.15, 0.2) is 11.5 Å². The number of carbonyl (C=O) groups excluding carboxylic acids is 2. The Bertz CT molecular complexity index is 1550. The monoisotopic (exact) mass is 532 g/mol. The van der Waals surface area contributed by atoms with Gasteiger partial charge in [-0.05, 0) is 35.8 Å². The minimum absolute atomic E-state index is 0.00913. The first-order valence-electron chi connectivity index (χ1n) is 12.6. The molecule has 0 unspecified atom stereocenters. The summed E-state index contributed by atoms with van der Waals surface area (Å²) in [5.41, 5.74) is 1.84. The summed E-state index contributed by atoms with van der Waals surface area (Å²) in [4.78, 5) is 34.6. The molecule has 0 bridgehead atoms. The number of hydrogen-bond acceptors (Lipinski definition) is 8. The second-order valence-electron chi connectivity index (χ2n) is 10.4. The van der Waals surface area contributed by atoms with Crippen molar-refractivity contribution in [1.29, 1.82) is 0 Å². The van der Waals surface area contributed by atoms with Gasteiger partial charge in [-0.25, -0.2) is 9.37 Å². The first kappa shape index (κ1) is 26.0. The molecule has 3 N–H and O–H groups in total. The Kier molecular flexibility index (Phi) is 6.85. The molecule has 0 saturated carbocycles. The summed E-state index contributed by atoms with van der Waals surface area (Å²) in [5.74, 6) is -0.313. The number of benzene rings is 1. The lowest BCUT2D eigenvalue weighted by molar-refractivity contribution is -0.125. The minimum Gasteiger partial charge on any atom is -0.363 e. The number of pyridine rings is 1. The van der Waals surface area contributed by atoms with Crippen molar-refractivity contribution in [2.24, 2.45) is 0 Å². The SMILES string of the molecule is C=CC(=O)N1CC[C@H](Nc2n[nH]c3nccc(-c4ccc(CNC(=O)c5noc(C(C)(C)C)n5)c(F)c4)c23)C1. The van der Waals surface area contributed by atoms with Crippen LogP contribution in [0.15, 0.2) is 47.6 Å². The van der Waals surface area contributed by atoms with Crippen LogP contribution in [0.1, 0.15) is 49.3 Å². The molecule has 0 radical (unpaired) electrons. The molecule has 202 valence electrons. The topological polar surface area (TPSA) is 142 Å². The number of amides is 2. The largest absolute Gasteiger partial charge is 0.363 e. The lowest BCUT2D eigenvalue weighted by atomic mass is 9.97. The summed E-state index contributed by atoms with van der Waals surface area (Å²) in [5, 5.41) is 17.8. The van der Waals surface area contributed by atoms with Gasteiger partial charge in [-0.15, -0.1) is 0 Å². The first-order valence-corrected chi connectivity index (χ1v) is 12.6. The molecule has 1 atom stereocenters. The molecule has 11 nitrogen and oxygen atoms in total. The Morgan fingerprint density at radius 2 is 2.13 bits per heavy atom. The average Bonchev–Trinajstić information content (AvgIpc) is 3.67. The fourth-order valence-corrected chi connectivity index (χ4v) is 4.43. The fraction of sp³-hybridized carbons (Fsp3) is 0.333. The number of nitrogens with zero attached hydrogens (tertiary/aromatic N) is 5. The summed E-state index contributed by atoms with van der Waals surface area (Å²) in [6.45, 7) is 10.4. The number of rotatable bonds is 7. The zero-order valence-electron chi connectivity index (χ0n) is 21.9. The van der Waals surface area contributed by atoms with Gasteiger partial charge in [-0.3, -0.25) is 14.7 Å². The number of halogens is 1. The van der Waals surface area contributed by atoms with Crippen LogP contribution in [0.25, 0.3) is 22.2 Å². The van der Waals surface area contributed by atoms with Gasteiger partial charge in [0, 0.05) is 42.9 Å². The normalized spacial score (nSPS) is 15.5. The van der Waals surface area contributed by atoms with Gasteiger partial charge in [-0.2, -0.15) is 10.1 Å². The Hall–Kier alpha value is -4.61. The van der Waals surface area contributed by atoms with E-state index in [0.717, 1.165) is 17.4 Å². The molecule has 0 spiro atoms. The van der Waals surface area contributed by atoms with Gasteiger partial charge in [0.05, 0.1) is 5.39 Å². The van der Waals surface area contributed by atoms with Crippen LogP contribution >= 0.6 is 0 Å². The van der Waals surface area contributed by atoms with E-state index < -0.39 is 17.1 Å². The van der Waals surface area contributed by atoms with Crippen molar-refractivity contribution >= 4 is 28.7 Å². The average molecular weight is 533 g/mol. The van der Waals surface area contributed by atoms with E-state index in [4.69, 9.17) is 4.52 Å². The molecule has 1 fully saturated rings. The lowest BCUT2D eigenvalue weighted by Crippen LogP contribution is -2.30. The van der Waals surface area contributed by atoms with Crippen LogP contribution in [0.5, 0.6) is 0 Å². The quantitative estimate of drug-likeness (QED) is 0.307. The van der Waals surface area contributed by atoms with E-state index in [0.29, 0.717) is 41.6 Å². The molecule has 0 aliphatic carbocycles. The molecule has 12 heteroatoms. The summed E-state index contributed by atoms with van der Waals surface area (Å²) >= 11 is 0. The van der Waals surface area contributed by atoms with E-state index in [1.165, 1.54) is 12.1 Å². The number of carbonyl (C=O) groups is 2. The Morgan fingerprint density at radius 3 is 2.85 bits per heavy atom. The van der Waals surface area contributed by atoms with Crippen LogP contribution in [-0.4, -0.2) is 61.2 Å².